The maximum absolute atomic E-state index is 2.92. The van der Waals surface area contributed by atoms with Crippen LogP contribution in [0.2, 0.25) is 0 Å². The van der Waals surface area contributed by atoms with Gasteiger partial charge in [0, 0.05) is 41.9 Å². The molecule has 1 aliphatic rings. The third kappa shape index (κ3) is 5.77. The van der Waals surface area contributed by atoms with E-state index in [1.165, 1.54) is 36.3 Å². The van der Waals surface area contributed by atoms with Gasteiger partial charge in [-0.15, -0.1) is 0 Å². The van der Waals surface area contributed by atoms with Crippen LogP contribution in [0.5, 0.6) is 0 Å². The van der Waals surface area contributed by atoms with Gasteiger partial charge in [-0.1, -0.05) is 88.4 Å². The van der Waals surface area contributed by atoms with Gasteiger partial charge in [-0.3, -0.25) is 9.80 Å². The van der Waals surface area contributed by atoms with Crippen LogP contribution in [0.1, 0.15) is 81.1 Å². The lowest BCUT2D eigenvalue weighted by Crippen LogP contribution is -2.48. The van der Waals surface area contributed by atoms with Gasteiger partial charge in [-0.25, -0.2) is 0 Å². The van der Waals surface area contributed by atoms with Crippen molar-refractivity contribution in [2.45, 2.75) is 123 Å². The molecule has 188 valence electrons. The highest BCUT2D eigenvalue weighted by atomic mass is 31.1. The lowest BCUT2D eigenvalue weighted by molar-refractivity contribution is 0.0831. The second-order valence-corrected chi connectivity index (χ2v) is 12.8. The van der Waals surface area contributed by atoms with E-state index in [2.05, 4.69) is 126 Å². The zero-order valence-electron chi connectivity index (χ0n) is 23.0. The highest BCUT2D eigenvalue weighted by Gasteiger charge is 2.62. The first-order valence-electron chi connectivity index (χ1n) is 13.8. The van der Waals surface area contributed by atoms with Crippen LogP contribution in [0.25, 0.3) is 0 Å². The number of benzene rings is 2. The maximum Gasteiger partial charge on any atom is 0.0353 e. The predicted molar refractivity (Wildman–Crippen MR) is 153 cm³/mol. The molecule has 1 fully saturated rings. The molecule has 2 nitrogen and oxygen atoms in total. The molecule has 3 heteroatoms. The third-order valence-corrected chi connectivity index (χ3v) is 11.3. The van der Waals surface area contributed by atoms with E-state index in [9.17, 15) is 0 Å². The Morgan fingerprint density at radius 2 is 0.853 bits per heavy atom. The van der Waals surface area contributed by atoms with Crippen LogP contribution in [-0.4, -0.2) is 51.7 Å². The topological polar surface area (TPSA) is 6.48 Å². The van der Waals surface area contributed by atoms with E-state index >= 15 is 0 Å². The van der Waals surface area contributed by atoms with Crippen LogP contribution in [0.4, 0.5) is 0 Å². The Morgan fingerprint density at radius 3 is 1.12 bits per heavy atom. The normalized spacial score (nSPS) is 23.8. The second kappa shape index (κ2) is 12.7. The van der Waals surface area contributed by atoms with E-state index in [0.717, 1.165) is 0 Å². The van der Waals surface area contributed by atoms with Gasteiger partial charge in [0.25, 0.3) is 0 Å². The van der Waals surface area contributed by atoms with Gasteiger partial charge in [-0.2, -0.15) is 0 Å². The summed E-state index contributed by atoms with van der Waals surface area (Å²) in [4.78, 5) is 5.85. The van der Waals surface area contributed by atoms with Gasteiger partial charge in [0.05, 0.1) is 0 Å². The lowest BCUT2D eigenvalue weighted by atomic mass is 10.1. The lowest BCUT2D eigenvalue weighted by Gasteiger charge is -2.38. The number of hydrogen-bond acceptors (Lipinski definition) is 2. The quantitative estimate of drug-likeness (QED) is 0.284. The van der Waals surface area contributed by atoms with E-state index in [1.54, 1.807) is 0 Å². The Bertz CT molecular complexity index is 752. The van der Waals surface area contributed by atoms with E-state index in [4.69, 9.17) is 0 Å². The Morgan fingerprint density at radius 1 is 0.559 bits per heavy atom. The maximum atomic E-state index is 2.92. The van der Waals surface area contributed by atoms with Crippen molar-refractivity contribution in [1.29, 1.82) is 0 Å². The van der Waals surface area contributed by atoms with E-state index in [-0.39, 0.29) is 0 Å². The van der Waals surface area contributed by atoms with Crippen LogP contribution in [-0.2, 0) is 0 Å². The molecule has 0 heterocycles. The smallest absolute Gasteiger partial charge is 0.0353 e. The first-order chi connectivity index (χ1) is 16.4. The van der Waals surface area contributed by atoms with Crippen molar-refractivity contribution in [2.75, 3.05) is 0 Å². The summed E-state index contributed by atoms with van der Waals surface area (Å²) >= 11 is 0. The Hall–Kier alpha value is -1.21. The van der Waals surface area contributed by atoms with Crippen LogP contribution >= 0.6 is 7.92 Å². The molecule has 0 amide bonds. The summed E-state index contributed by atoms with van der Waals surface area (Å²) in [6.45, 7) is 19.3. The Balaban J connectivity index is 2.15. The SMILES string of the molecule is CCC(C)N(C(C)CC)C1C(P(c2ccccc2)c2ccccc2)[C@H]1N(C(C)CC)C(C)CC. The molecule has 0 radical (unpaired) electrons. The number of nitrogens with zero attached hydrogens (tertiary/aromatic N) is 2. The average Bonchev–Trinajstić information content (AvgIpc) is 3.57. The summed E-state index contributed by atoms with van der Waals surface area (Å²) in [7, 11) is -0.445. The fourth-order valence-corrected chi connectivity index (χ4v) is 8.98. The molecule has 1 saturated carbocycles. The highest BCUT2D eigenvalue weighted by molar-refractivity contribution is 7.74. The molecule has 0 spiro atoms. The number of hydrogen-bond donors (Lipinski definition) is 0. The Labute approximate surface area is 211 Å². The molecular weight excluding hydrogens is 431 g/mol. The van der Waals surface area contributed by atoms with Crippen molar-refractivity contribution >= 4 is 18.5 Å². The molecule has 6 unspecified atom stereocenters. The first kappa shape index (κ1) is 27.4. The molecule has 0 saturated heterocycles. The van der Waals surface area contributed by atoms with Crippen LogP contribution < -0.4 is 10.6 Å². The van der Waals surface area contributed by atoms with Crippen molar-refractivity contribution in [3.8, 4) is 0 Å². The van der Waals surface area contributed by atoms with Gasteiger partial charge in [0.1, 0.15) is 0 Å². The average molecular weight is 481 g/mol. The largest absolute Gasteiger partial charge is 0.293 e. The minimum absolute atomic E-state index is 0.445. The summed E-state index contributed by atoms with van der Waals surface area (Å²) in [5.74, 6) is 0. The minimum Gasteiger partial charge on any atom is -0.293 e. The molecule has 7 atom stereocenters. The van der Waals surface area contributed by atoms with E-state index in [0.29, 0.717) is 41.9 Å². The summed E-state index contributed by atoms with van der Waals surface area (Å²) in [5, 5.41) is 3.06. The van der Waals surface area contributed by atoms with Crippen molar-refractivity contribution in [1.82, 2.24) is 9.80 Å². The van der Waals surface area contributed by atoms with Crippen LogP contribution in [0.3, 0.4) is 0 Å². The monoisotopic (exact) mass is 480 g/mol. The summed E-state index contributed by atoms with van der Waals surface area (Å²) in [5.41, 5.74) is 0.658. The van der Waals surface area contributed by atoms with Gasteiger partial charge in [-0.05, 0) is 71.9 Å². The zero-order valence-corrected chi connectivity index (χ0v) is 23.9. The molecule has 0 N–H and O–H groups in total. The molecule has 2 aromatic carbocycles. The van der Waals surface area contributed by atoms with Crippen molar-refractivity contribution < 1.29 is 0 Å². The van der Waals surface area contributed by atoms with Crippen molar-refractivity contribution in [2.24, 2.45) is 0 Å². The Kier molecular flexibility index (Phi) is 10.2. The van der Waals surface area contributed by atoms with Crippen LogP contribution in [0.15, 0.2) is 60.7 Å². The fourth-order valence-electron chi connectivity index (χ4n) is 5.83. The molecule has 3 rings (SSSR count). The number of rotatable bonds is 13. The summed E-state index contributed by atoms with van der Waals surface area (Å²) in [6.07, 6.45) is 4.84. The standard InChI is InChI=1S/C31H49N2P/c1-9-23(5)32(24(6)10-2)29-30(33(25(7)11-3)26(8)12-4)31(29)34(27-19-15-13-16-20-27)28-21-17-14-18-22-28/h13-26,29-31H,9-12H2,1-8H3/t23?,24?,25?,26?,29-,30?,31?/m0/s1. The van der Waals surface area contributed by atoms with Crippen molar-refractivity contribution in [3.05, 3.63) is 60.7 Å². The molecule has 0 bridgehead atoms. The van der Waals surface area contributed by atoms with E-state index in [1.807, 2.05) is 0 Å². The molecule has 2 aromatic rings. The van der Waals surface area contributed by atoms with Gasteiger partial charge in [0.15, 0.2) is 0 Å². The summed E-state index contributed by atoms with van der Waals surface area (Å²) < 4.78 is 0. The van der Waals surface area contributed by atoms with Crippen LogP contribution in [0, 0.1) is 0 Å². The molecule has 34 heavy (non-hydrogen) atoms. The van der Waals surface area contributed by atoms with Gasteiger partial charge in [0.2, 0.25) is 0 Å². The van der Waals surface area contributed by atoms with Gasteiger partial charge < -0.3 is 0 Å². The summed E-state index contributed by atoms with van der Waals surface area (Å²) in [6, 6.07) is 26.5. The van der Waals surface area contributed by atoms with Gasteiger partial charge >= 0.3 is 0 Å². The molecule has 0 aliphatic heterocycles. The van der Waals surface area contributed by atoms with E-state index < -0.39 is 7.92 Å². The van der Waals surface area contributed by atoms with Crippen molar-refractivity contribution in [3.63, 3.8) is 0 Å². The minimum atomic E-state index is -0.445. The first-order valence-corrected chi connectivity index (χ1v) is 15.3. The fraction of sp³-hybridized carbons (Fsp3) is 0.613. The zero-order chi connectivity index (χ0) is 24.8. The second-order valence-electron chi connectivity index (χ2n) is 10.4. The highest BCUT2D eigenvalue weighted by Crippen LogP contribution is 2.58. The molecule has 1 aliphatic carbocycles. The molecule has 0 aromatic heterocycles. The third-order valence-electron chi connectivity index (χ3n) is 8.36. The predicted octanol–water partition coefficient (Wildman–Crippen LogP) is 7.04. The molecular formula is C31H49N2P.